The number of amides is 3. The Labute approximate surface area is 171 Å². The maximum absolute atomic E-state index is 12.1. The highest BCUT2D eigenvalue weighted by molar-refractivity contribution is 6.01. The summed E-state index contributed by atoms with van der Waals surface area (Å²) in [5, 5.41) is 5.53. The van der Waals surface area contributed by atoms with E-state index in [1.54, 1.807) is 0 Å². The van der Waals surface area contributed by atoms with Crippen molar-refractivity contribution < 1.29 is 14.4 Å². The number of carbonyl (C=O) groups is 3. The van der Waals surface area contributed by atoms with Crippen LogP contribution < -0.4 is 21.3 Å². The molecule has 0 spiro atoms. The SMILES string of the molecule is Cl.NCCCC(=O)N1CCN(c2ccc(NC3CCC(=O)NC3=O)cc2)CC1. The van der Waals surface area contributed by atoms with Crippen molar-refractivity contribution in [3.63, 3.8) is 0 Å². The number of halogens is 1. The molecule has 0 saturated carbocycles. The first-order valence-electron chi connectivity index (χ1n) is 9.50. The molecule has 0 aliphatic carbocycles. The first kappa shape index (κ1) is 22.0. The number of nitrogens with zero attached hydrogens (tertiary/aromatic N) is 2. The zero-order valence-electron chi connectivity index (χ0n) is 15.9. The van der Waals surface area contributed by atoms with E-state index in [9.17, 15) is 14.4 Å². The molecular weight excluding hydrogens is 382 g/mol. The minimum atomic E-state index is -0.378. The summed E-state index contributed by atoms with van der Waals surface area (Å²) in [6.45, 7) is 3.59. The molecule has 2 saturated heterocycles. The van der Waals surface area contributed by atoms with E-state index in [1.807, 2.05) is 29.2 Å². The Morgan fingerprint density at radius 1 is 1.14 bits per heavy atom. The fourth-order valence-electron chi connectivity index (χ4n) is 3.43. The van der Waals surface area contributed by atoms with Crippen molar-refractivity contribution in [2.75, 3.05) is 42.9 Å². The summed E-state index contributed by atoms with van der Waals surface area (Å²) < 4.78 is 0. The lowest BCUT2D eigenvalue weighted by Gasteiger charge is -2.36. The van der Waals surface area contributed by atoms with Crippen molar-refractivity contribution in [1.82, 2.24) is 10.2 Å². The van der Waals surface area contributed by atoms with Crippen LogP contribution in [0.2, 0.25) is 0 Å². The quantitative estimate of drug-likeness (QED) is 0.597. The summed E-state index contributed by atoms with van der Waals surface area (Å²) in [6, 6.07) is 7.53. The van der Waals surface area contributed by atoms with Gasteiger partial charge in [-0.15, -0.1) is 12.4 Å². The van der Waals surface area contributed by atoms with Gasteiger partial charge in [0.25, 0.3) is 0 Å². The number of hydrogen-bond acceptors (Lipinski definition) is 6. The third-order valence-electron chi connectivity index (χ3n) is 5.04. The second-order valence-electron chi connectivity index (χ2n) is 6.95. The highest BCUT2D eigenvalue weighted by Crippen LogP contribution is 2.21. The largest absolute Gasteiger partial charge is 0.374 e. The van der Waals surface area contributed by atoms with Gasteiger partial charge >= 0.3 is 0 Å². The molecule has 3 rings (SSSR count). The third kappa shape index (κ3) is 5.59. The van der Waals surface area contributed by atoms with Crippen LogP contribution in [0.4, 0.5) is 11.4 Å². The number of piperazine rings is 1. The number of rotatable bonds is 6. The number of carbonyl (C=O) groups excluding carboxylic acids is 3. The standard InChI is InChI=1S/C19H27N5O3.ClH/c20-9-1-2-18(26)24-12-10-23(11-13-24)15-5-3-14(4-6-15)21-16-7-8-17(25)22-19(16)27;/h3-6,16,21H,1-2,7-13,20H2,(H,22,25,27);1H. The van der Waals surface area contributed by atoms with Crippen LogP contribution in [0.5, 0.6) is 0 Å². The van der Waals surface area contributed by atoms with E-state index in [-0.39, 0.29) is 36.2 Å². The first-order valence-corrected chi connectivity index (χ1v) is 9.50. The van der Waals surface area contributed by atoms with E-state index in [2.05, 4.69) is 15.5 Å². The second-order valence-corrected chi connectivity index (χ2v) is 6.95. The molecule has 0 aromatic heterocycles. The van der Waals surface area contributed by atoms with E-state index < -0.39 is 0 Å². The molecule has 9 heteroatoms. The fourth-order valence-corrected chi connectivity index (χ4v) is 3.43. The summed E-state index contributed by atoms with van der Waals surface area (Å²) in [7, 11) is 0. The Balaban J connectivity index is 0.00000280. The maximum atomic E-state index is 12.1. The Morgan fingerprint density at radius 3 is 2.43 bits per heavy atom. The number of nitrogens with two attached hydrogens (primary N) is 1. The molecule has 2 aliphatic rings. The molecule has 4 N–H and O–H groups in total. The summed E-state index contributed by atoms with van der Waals surface area (Å²) >= 11 is 0. The summed E-state index contributed by atoms with van der Waals surface area (Å²) in [5.41, 5.74) is 7.41. The summed E-state index contributed by atoms with van der Waals surface area (Å²) in [5.74, 6) is -0.302. The number of hydrogen-bond donors (Lipinski definition) is 3. The van der Waals surface area contributed by atoms with Gasteiger partial charge < -0.3 is 20.9 Å². The van der Waals surface area contributed by atoms with Crippen molar-refractivity contribution in [3.05, 3.63) is 24.3 Å². The van der Waals surface area contributed by atoms with E-state index in [4.69, 9.17) is 5.73 Å². The first-order chi connectivity index (χ1) is 13.1. The van der Waals surface area contributed by atoms with E-state index in [0.29, 0.717) is 25.8 Å². The molecule has 2 aliphatic heterocycles. The van der Waals surface area contributed by atoms with Crippen LogP contribution in [0.15, 0.2) is 24.3 Å². The lowest BCUT2D eigenvalue weighted by atomic mass is 10.1. The molecule has 2 heterocycles. The molecule has 0 bridgehead atoms. The van der Waals surface area contributed by atoms with E-state index >= 15 is 0 Å². The predicted molar refractivity (Wildman–Crippen MR) is 111 cm³/mol. The molecule has 1 aromatic carbocycles. The normalized spacial score (nSPS) is 19.7. The van der Waals surface area contributed by atoms with Crippen LogP contribution in [0.3, 0.4) is 0 Å². The maximum Gasteiger partial charge on any atom is 0.249 e. The molecule has 28 heavy (non-hydrogen) atoms. The molecule has 1 aromatic rings. The number of imide groups is 1. The molecule has 3 amide bonds. The van der Waals surface area contributed by atoms with Crippen molar-refractivity contribution in [3.8, 4) is 0 Å². The monoisotopic (exact) mass is 409 g/mol. The average Bonchev–Trinajstić information content (AvgIpc) is 2.69. The number of anilines is 2. The zero-order chi connectivity index (χ0) is 19.2. The smallest absolute Gasteiger partial charge is 0.249 e. The van der Waals surface area contributed by atoms with Crippen LogP contribution in [-0.4, -0.2) is 61.4 Å². The highest BCUT2D eigenvalue weighted by Gasteiger charge is 2.26. The van der Waals surface area contributed by atoms with E-state index in [0.717, 1.165) is 44.0 Å². The van der Waals surface area contributed by atoms with Crippen LogP contribution in [0.25, 0.3) is 0 Å². The van der Waals surface area contributed by atoms with Gasteiger partial charge in [-0.05, 0) is 43.7 Å². The Bertz CT molecular complexity index is 689. The van der Waals surface area contributed by atoms with Crippen LogP contribution in [-0.2, 0) is 14.4 Å². The van der Waals surface area contributed by atoms with Crippen molar-refractivity contribution >= 4 is 41.5 Å². The number of benzene rings is 1. The van der Waals surface area contributed by atoms with Crippen molar-refractivity contribution in [2.24, 2.45) is 5.73 Å². The molecular formula is C19H28ClN5O3. The minimum Gasteiger partial charge on any atom is -0.374 e. The molecule has 8 nitrogen and oxygen atoms in total. The highest BCUT2D eigenvalue weighted by atomic mass is 35.5. The van der Waals surface area contributed by atoms with E-state index in [1.165, 1.54) is 0 Å². The lowest BCUT2D eigenvalue weighted by Crippen LogP contribution is -2.48. The Morgan fingerprint density at radius 2 is 1.82 bits per heavy atom. The molecule has 1 unspecified atom stereocenters. The Hall–Kier alpha value is -2.32. The van der Waals surface area contributed by atoms with Gasteiger partial charge in [-0.25, -0.2) is 0 Å². The lowest BCUT2D eigenvalue weighted by molar-refractivity contribution is -0.134. The van der Waals surface area contributed by atoms with Gasteiger partial charge in [-0.2, -0.15) is 0 Å². The van der Waals surface area contributed by atoms with Gasteiger partial charge in [0.15, 0.2) is 0 Å². The number of nitrogens with one attached hydrogen (secondary N) is 2. The molecule has 2 fully saturated rings. The molecule has 154 valence electrons. The number of piperidine rings is 1. The topological polar surface area (TPSA) is 108 Å². The summed E-state index contributed by atoms with van der Waals surface area (Å²) in [6.07, 6.45) is 2.13. The Kier molecular flexibility index (Phi) is 8.07. The average molecular weight is 410 g/mol. The van der Waals surface area contributed by atoms with Crippen LogP contribution in [0.1, 0.15) is 25.7 Å². The van der Waals surface area contributed by atoms with Gasteiger partial charge in [0.2, 0.25) is 17.7 Å². The summed E-state index contributed by atoms with van der Waals surface area (Å²) in [4.78, 5) is 39.3. The second kappa shape index (κ2) is 10.3. The molecule has 0 radical (unpaired) electrons. The third-order valence-corrected chi connectivity index (χ3v) is 5.04. The van der Waals surface area contributed by atoms with Gasteiger partial charge in [0.05, 0.1) is 0 Å². The fraction of sp³-hybridized carbons (Fsp3) is 0.526. The van der Waals surface area contributed by atoms with Gasteiger partial charge in [-0.3, -0.25) is 19.7 Å². The van der Waals surface area contributed by atoms with Crippen LogP contribution >= 0.6 is 12.4 Å². The molecule has 1 atom stereocenters. The van der Waals surface area contributed by atoms with Crippen LogP contribution in [0, 0.1) is 0 Å². The van der Waals surface area contributed by atoms with Gasteiger partial charge in [0, 0.05) is 50.4 Å². The van der Waals surface area contributed by atoms with Gasteiger partial charge in [-0.1, -0.05) is 0 Å². The minimum absolute atomic E-state index is 0. The van der Waals surface area contributed by atoms with Gasteiger partial charge in [0.1, 0.15) is 6.04 Å². The van der Waals surface area contributed by atoms with Crippen molar-refractivity contribution in [2.45, 2.75) is 31.7 Å². The zero-order valence-corrected chi connectivity index (χ0v) is 16.7. The predicted octanol–water partition coefficient (Wildman–Crippen LogP) is 0.713. The van der Waals surface area contributed by atoms with Crippen molar-refractivity contribution in [1.29, 1.82) is 0 Å².